The van der Waals surface area contributed by atoms with Crippen LogP contribution in [0.15, 0.2) is 0 Å². The monoisotopic (exact) mass is 358 g/mol. The predicted octanol–water partition coefficient (Wildman–Crippen LogP) is 1.11. The molecule has 1 rings (SSSR count). The topological polar surface area (TPSA) is 114 Å². The van der Waals surface area contributed by atoms with Crippen LogP contribution in [-0.2, 0) is 19.1 Å². The van der Waals surface area contributed by atoms with Gasteiger partial charge in [0.1, 0.15) is 11.6 Å². The highest BCUT2D eigenvalue weighted by Gasteiger charge is 2.53. The van der Waals surface area contributed by atoms with Crippen LogP contribution in [0.25, 0.3) is 0 Å². The molecule has 0 aromatic carbocycles. The zero-order valence-corrected chi connectivity index (χ0v) is 16.1. The maximum Gasteiger partial charge on any atom is 0.411 e. The first-order valence-electron chi connectivity index (χ1n) is 8.34. The van der Waals surface area contributed by atoms with Gasteiger partial charge >= 0.3 is 12.1 Å². The lowest BCUT2D eigenvalue weighted by molar-refractivity contribution is -0.186. The third-order valence-corrected chi connectivity index (χ3v) is 3.87. The summed E-state index contributed by atoms with van der Waals surface area (Å²) in [6.45, 7) is 11.6. The summed E-state index contributed by atoms with van der Waals surface area (Å²) < 4.78 is 10.7. The van der Waals surface area contributed by atoms with Crippen LogP contribution in [0.3, 0.4) is 0 Å². The van der Waals surface area contributed by atoms with Gasteiger partial charge in [0.25, 0.3) is 5.72 Å². The minimum absolute atomic E-state index is 0.184. The van der Waals surface area contributed by atoms with Crippen molar-refractivity contribution in [3.8, 4) is 0 Å². The molecule has 1 saturated heterocycles. The summed E-state index contributed by atoms with van der Waals surface area (Å²) in [6, 6.07) is -0.739. The van der Waals surface area contributed by atoms with Crippen LogP contribution in [0.1, 0.15) is 54.9 Å². The zero-order valence-electron chi connectivity index (χ0n) is 16.1. The molecule has 1 fully saturated rings. The first-order valence-corrected chi connectivity index (χ1v) is 8.34. The highest BCUT2D eigenvalue weighted by molar-refractivity contribution is 5.92. The normalized spacial score (nSPS) is 23.5. The summed E-state index contributed by atoms with van der Waals surface area (Å²) >= 11 is 0. The van der Waals surface area contributed by atoms with Crippen molar-refractivity contribution in [3.63, 3.8) is 0 Å². The fraction of sp³-hybridized carbons (Fsp3) is 0.824. The molecular weight excluding hydrogens is 328 g/mol. The zero-order chi connectivity index (χ0) is 19.6. The van der Waals surface area contributed by atoms with Gasteiger partial charge in [0.05, 0.1) is 6.10 Å². The largest absolute Gasteiger partial charge is 0.444 e. The smallest absolute Gasteiger partial charge is 0.411 e. The summed E-state index contributed by atoms with van der Waals surface area (Å²) in [5, 5.41) is 14.8. The second-order valence-electron chi connectivity index (χ2n) is 8.39. The third kappa shape index (κ3) is 5.40. The number of hydrogen-bond acceptors (Lipinski definition) is 7. The molecule has 0 aromatic heterocycles. The van der Waals surface area contributed by atoms with E-state index in [1.807, 2.05) is 0 Å². The first-order chi connectivity index (χ1) is 11.2. The van der Waals surface area contributed by atoms with Crippen LogP contribution < -0.4 is 10.6 Å². The van der Waals surface area contributed by atoms with E-state index < -0.39 is 46.7 Å². The van der Waals surface area contributed by atoms with E-state index in [0.717, 1.165) is 0 Å². The molecule has 0 radical (unpaired) electrons. The van der Waals surface area contributed by atoms with Gasteiger partial charge in [-0.2, -0.15) is 0 Å². The summed E-state index contributed by atoms with van der Waals surface area (Å²) in [5.74, 6) is -1.24. The molecule has 3 N–H and O–H groups in total. The van der Waals surface area contributed by atoms with Gasteiger partial charge in [-0.05, 0) is 20.8 Å². The number of esters is 1. The van der Waals surface area contributed by atoms with Crippen molar-refractivity contribution in [3.05, 3.63) is 0 Å². The molecule has 8 heteroatoms. The van der Waals surface area contributed by atoms with Gasteiger partial charge in [0.15, 0.2) is 5.78 Å². The molecule has 1 unspecified atom stereocenters. The second kappa shape index (κ2) is 7.29. The van der Waals surface area contributed by atoms with Crippen molar-refractivity contribution in [2.75, 3.05) is 6.54 Å². The number of amides is 1. The molecule has 0 aromatic rings. The second-order valence-corrected chi connectivity index (χ2v) is 8.39. The lowest BCUT2D eigenvalue weighted by Gasteiger charge is -2.42. The number of rotatable bonds is 4. The van der Waals surface area contributed by atoms with Crippen molar-refractivity contribution in [1.29, 1.82) is 0 Å². The quantitative estimate of drug-likeness (QED) is 0.509. The van der Waals surface area contributed by atoms with E-state index >= 15 is 0 Å². The highest BCUT2D eigenvalue weighted by atomic mass is 16.6. The Morgan fingerprint density at radius 1 is 1.08 bits per heavy atom. The fourth-order valence-electron chi connectivity index (χ4n) is 2.62. The number of aliphatic hydroxyl groups is 1. The number of β-amino-alcohol motifs (C(OH)–C–C–N with tert-alkyl or cyclic N) is 1. The molecular formula is C17H30N2O6. The van der Waals surface area contributed by atoms with Gasteiger partial charge < -0.3 is 19.9 Å². The summed E-state index contributed by atoms with van der Waals surface area (Å²) in [7, 11) is 0. The minimum Gasteiger partial charge on any atom is -0.444 e. The van der Waals surface area contributed by atoms with E-state index in [1.54, 1.807) is 41.5 Å². The van der Waals surface area contributed by atoms with Gasteiger partial charge in [-0.15, -0.1) is 0 Å². The standard InChI is InChI=1S/C17H30N2O6/c1-10(20)17(15(2,3)4,19-14(23)25-16(5,6)7)24-13(22)12-8-11(21)9-18-12/h11-12,18,21H,8-9H2,1-7H3,(H,19,23)/t11-,12?,17-/m1/s1. The Bertz CT molecular complexity index is 534. The minimum atomic E-state index is -1.89. The van der Waals surface area contributed by atoms with E-state index in [9.17, 15) is 19.5 Å². The number of carbonyl (C=O) groups excluding carboxylic acids is 3. The van der Waals surface area contributed by atoms with Gasteiger partial charge in [-0.3, -0.25) is 14.9 Å². The average molecular weight is 358 g/mol. The van der Waals surface area contributed by atoms with Crippen LogP contribution in [-0.4, -0.2) is 53.0 Å². The molecule has 0 bridgehead atoms. The Labute approximate surface area is 148 Å². The number of nitrogens with one attached hydrogen (secondary N) is 2. The average Bonchev–Trinajstić information content (AvgIpc) is 2.80. The SMILES string of the molecule is CC(=O)[C@@](NC(=O)OC(C)(C)C)(OC(=O)C1C[C@@H](O)CN1)C(C)(C)C. The van der Waals surface area contributed by atoms with Crippen LogP contribution in [0.4, 0.5) is 4.79 Å². The molecule has 1 aliphatic heterocycles. The Balaban J connectivity index is 3.08. The van der Waals surface area contributed by atoms with Crippen LogP contribution in [0.2, 0.25) is 0 Å². The van der Waals surface area contributed by atoms with Gasteiger partial charge in [0, 0.05) is 25.3 Å². The van der Waals surface area contributed by atoms with E-state index in [4.69, 9.17) is 9.47 Å². The van der Waals surface area contributed by atoms with Gasteiger partial charge in [-0.1, -0.05) is 20.8 Å². The Kier molecular flexibility index (Phi) is 6.23. The molecule has 3 atom stereocenters. The molecule has 25 heavy (non-hydrogen) atoms. The maximum absolute atomic E-state index is 12.5. The summed E-state index contributed by atoms with van der Waals surface area (Å²) in [5.41, 5.74) is -3.59. The van der Waals surface area contributed by atoms with Crippen molar-refractivity contribution in [2.24, 2.45) is 5.41 Å². The molecule has 0 spiro atoms. The third-order valence-electron chi connectivity index (χ3n) is 3.87. The fourth-order valence-corrected chi connectivity index (χ4v) is 2.62. The summed E-state index contributed by atoms with van der Waals surface area (Å²) in [6.07, 6.45) is -1.33. The van der Waals surface area contributed by atoms with Crippen molar-refractivity contribution in [1.82, 2.24) is 10.6 Å². The molecule has 0 saturated carbocycles. The van der Waals surface area contributed by atoms with Gasteiger partial charge in [0.2, 0.25) is 0 Å². The van der Waals surface area contributed by atoms with Crippen LogP contribution >= 0.6 is 0 Å². The number of Topliss-reactive ketones (excluding diaryl/α,β-unsaturated/α-hetero) is 1. The van der Waals surface area contributed by atoms with Crippen molar-refractivity contribution in [2.45, 2.75) is 78.4 Å². The van der Waals surface area contributed by atoms with Crippen molar-refractivity contribution < 1.29 is 29.0 Å². The summed E-state index contributed by atoms with van der Waals surface area (Å²) in [4.78, 5) is 37.1. The molecule has 1 amide bonds. The van der Waals surface area contributed by atoms with E-state index in [0.29, 0.717) is 0 Å². The Hall–Kier alpha value is -1.67. The number of carbonyl (C=O) groups is 3. The van der Waals surface area contributed by atoms with E-state index in [1.165, 1.54) is 6.92 Å². The number of ketones is 1. The predicted molar refractivity (Wildman–Crippen MR) is 90.7 cm³/mol. The number of hydrogen-bond donors (Lipinski definition) is 3. The Morgan fingerprint density at radius 2 is 1.64 bits per heavy atom. The molecule has 1 heterocycles. The maximum atomic E-state index is 12.5. The van der Waals surface area contributed by atoms with Crippen molar-refractivity contribution >= 4 is 17.8 Å². The number of alkyl carbamates (subject to hydrolysis) is 1. The molecule has 1 aliphatic rings. The number of ether oxygens (including phenoxy) is 2. The van der Waals surface area contributed by atoms with Crippen LogP contribution in [0, 0.1) is 5.41 Å². The van der Waals surface area contributed by atoms with Crippen LogP contribution in [0.5, 0.6) is 0 Å². The Morgan fingerprint density at radius 3 is 2.00 bits per heavy atom. The molecule has 144 valence electrons. The lowest BCUT2D eigenvalue weighted by atomic mass is 9.80. The first kappa shape index (κ1) is 21.4. The lowest BCUT2D eigenvalue weighted by Crippen LogP contribution is -2.65. The van der Waals surface area contributed by atoms with E-state index in [2.05, 4.69) is 10.6 Å². The molecule has 0 aliphatic carbocycles. The van der Waals surface area contributed by atoms with E-state index in [-0.39, 0.29) is 13.0 Å². The van der Waals surface area contributed by atoms with Gasteiger partial charge in [-0.25, -0.2) is 4.79 Å². The molecule has 8 nitrogen and oxygen atoms in total. The number of aliphatic hydroxyl groups excluding tert-OH is 1. The highest BCUT2D eigenvalue weighted by Crippen LogP contribution is 2.34.